The molecule has 0 bridgehead atoms. The minimum atomic E-state index is 0.0844. The number of piperidine rings is 1. The lowest BCUT2D eigenvalue weighted by Gasteiger charge is -2.33. The molecule has 0 unspecified atom stereocenters. The summed E-state index contributed by atoms with van der Waals surface area (Å²) in [5.74, 6) is 2.11. The number of hydrogen-bond donors (Lipinski definition) is 1. The second-order valence-electron chi connectivity index (χ2n) is 9.64. The van der Waals surface area contributed by atoms with Crippen molar-refractivity contribution in [3.63, 3.8) is 0 Å². The maximum absolute atomic E-state index is 12.7. The van der Waals surface area contributed by atoms with Gasteiger partial charge in [-0.25, -0.2) is 4.98 Å². The van der Waals surface area contributed by atoms with Crippen molar-refractivity contribution < 1.29 is 4.79 Å². The Morgan fingerprint density at radius 2 is 1.76 bits per heavy atom. The number of nitrogens with one attached hydrogen (secondary N) is 1. The molecule has 2 aliphatic rings. The second-order valence-corrected chi connectivity index (χ2v) is 9.64. The highest BCUT2D eigenvalue weighted by Crippen LogP contribution is 2.31. The zero-order valence-electron chi connectivity index (χ0n) is 19.5. The molecule has 0 spiro atoms. The van der Waals surface area contributed by atoms with E-state index in [0.29, 0.717) is 6.54 Å². The van der Waals surface area contributed by atoms with Crippen LogP contribution in [0.3, 0.4) is 0 Å². The summed E-state index contributed by atoms with van der Waals surface area (Å²) in [6, 6.07) is 14.4. The Morgan fingerprint density at radius 3 is 2.55 bits per heavy atom. The van der Waals surface area contributed by atoms with Gasteiger partial charge in [-0.3, -0.25) is 9.78 Å². The smallest absolute Gasteiger partial charge is 0.223 e. The van der Waals surface area contributed by atoms with Gasteiger partial charge < -0.3 is 14.8 Å². The van der Waals surface area contributed by atoms with Crippen LogP contribution in [-0.2, 0) is 17.8 Å². The number of benzene rings is 1. The first-order valence-electron chi connectivity index (χ1n) is 12.7. The molecular formula is C27H35N5O. The van der Waals surface area contributed by atoms with Crippen molar-refractivity contribution in [3.8, 4) is 0 Å². The number of nitrogens with zero attached hydrogens (tertiary/aromatic N) is 4. The minimum Gasteiger partial charge on any atom is -0.355 e. The summed E-state index contributed by atoms with van der Waals surface area (Å²) >= 11 is 0. The number of imidazole rings is 1. The van der Waals surface area contributed by atoms with Crippen molar-refractivity contribution in [2.24, 2.45) is 11.8 Å². The predicted octanol–water partition coefficient (Wildman–Crippen LogP) is 4.59. The summed E-state index contributed by atoms with van der Waals surface area (Å²) in [4.78, 5) is 24.5. The molecule has 3 aromatic rings. The van der Waals surface area contributed by atoms with Crippen molar-refractivity contribution in [2.45, 2.75) is 57.9 Å². The number of pyridine rings is 1. The molecular weight excluding hydrogens is 410 g/mol. The SMILES string of the molecule is O=C(NCCc1ccccn1)C1CCN(c2nc3ccccc3n2CC2CCCCC2)CC1. The van der Waals surface area contributed by atoms with Crippen molar-refractivity contribution >= 4 is 22.9 Å². The van der Waals surface area contributed by atoms with E-state index in [1.165, 1.54) is 37.6 Å². The minimum absolute atomic E-state index is 0.0844. The molecule has 3 heterocycles. The van der Waals surface area contributed by atoms with E-state index in [1.807, 2.05) is 18.2 Å². The Balaban J connectivity index is 1.21. The van der Waals surface area contributed by atoms with E-state index >= 15 is 0 Å². The number of carbonyl (C=O) groups is 1. The van der Waals surface area contributed by atoms with Crippen molar-refractivity contribution in [1.29, 1.82) is 0 Å². The van der Waals surface area contributed by atoms with Crippen LogP contribution in [0.2, 0.25) is 0 Å². The largest absolute Gasteiger partial charge is 0.355 e. The van der Waals surface area contributed by atoms with Crippen LogP contribution >= 0.6 is 0 Å². The number of aromatic nitrogens is 3. The fraction of sp³-hybridized carbons (Fsp3) is 0.519. The summed E-state index contributed by atoms with van der Waals surface area (Å²) in [5, 5.41) is 3.12. The maximum Gasteiger partial charge on any atom is 0.223 e. The quantitative estimate of drug-likeness (QED) is 0.578. The summed E-state index contributed by atoms with van der Waals surface area (Å²) in [6.07, 6.45) is 11.1. The Labute approximate surface area is 196 Å². The van der Waals surface area contributed by atoms with Crippen LogP contribution in [0, 0.1) is 11.8 Å². The van der Waals surface area contributed by atoms with Crippen LogP contribution < -0.4 is 10.2 Å². The molecule has 0 radical (unpaired) electrons. The molecule has 1 aliphatic heterocycles. The van der Waals surface area contributed by atoms with E-state index in [4.69, 9.17) is 4.98 Å². The highest BCUT2D eigenvalue weighted by molar-refractivity contribution is 5.80. The predicted molar refractivity (Wildman–Crippen MR) is 132 cm³/mol. The van der Waals surface area contributed by atoms with Crippen LogP contribution in [0.1, 0.15) is 50.6 Å². The highest BCUT2D eigenvalue weighted by atomic mass is 16.1. The fourth-order valence-electron chi connectivity index (χ4n) is 5.46. The Morgan fingerprint density at radius 1 is 0.970 bits per heavy atom. The molecule has 6 heteroatoms. The molecule has 5 rings (SSSR count). The summed E-state index contributed by atoms with van der Waals surface area (Å²) in [5.41, 5.74) is 3.34. The van der Waals surface area contributed by atoms with E-state index in [-0.39, 0.29) is 11.8 Å². The molecule has 1 aromatic carbocycles. The van der Waals surface area contributed by atoms with Gasteiger partial charge in [0, 0.05) is 50.4 Å². The van der Waals surface area contributed by atoms with Crippen LogP contribution in [0.4, 0.5) is 5.95 Å². The first-order valence-corrected chi connectivity index (χ1v) is 12.7. The highest BCUT2D eigenvalue weighted by Gasteiger charge is 2.28. The molecule has 2 fully saturated rings. The normalized spacial score (nSPS) is 18.0. The third-order valence-corrected chi connectivity index (χ3v) is 7.36. The van der Waals surface area contributed by atoms with Crippen LogP contribution in [0.5, 0.6) is 0 Å². The first-order chi connectivity index (χ1) is 16.3. The first kappa shape index (κ1) is 21.9. The van der Waals surface area contributed by atoms with Gasteiger partial charge >= 0.3 is 0 Å². The van der Waals surface area contributed by atoms with Gasteiger partial charge in [0.05, 0.1) is 11.0 Å². The van der Waals surface area contributed by atoms with Gasteiger partial charge in [-0.15, -0.1) is 0 Å². The van der Waals surface area contributed by atoms with Gasteiger partial charge in [-0.1, -0.05) is 37.5 Å². The number of hydrogen-bond acceptors (Lipinski definition) is 4. The number of carbonyl (C=O) groups excluding carboxylic acids is 1. The van der Waals surface area contributed by atoms with E-state index in [2.05, 4.69) is 44.0 Å². The van der Waals surface area contributed by atoms with E-state index in [9.17, 15) is 4.79 Å². The maximum atomic E-state index is 12.7. The van der Waals surface area contributed by atoms with E-state index < -0.39 is 0 Å². The van der Waals surface area contributed by atoms with E-state index in [0.717, 1.165) is 62.0 Å². The Hall–Kier alpha value is -2.89. The fourth-order valence-corrected chi connectivity index (χ4v) is 5.46. The average molecular weight is 446 g/mol. The zero-order chi connectivity index (χ0) is 22.5. The third kappa shape index (κ3) is 5.21. The Bertz CT molecular complexity index is 1050. The third-order valence-electron chi connectivity index (χ3n) is 7.36. The van der Waals surface area contributed by atoms with Crippen LogP contribution in [0.25, 0.3) is 11.0 Å². The van der Waals surface area contributed by atoms with Crippen molar-refractivity contribution in [1.82, 2.24) is 19.9 Å². The van der Waals surface area contributed by atoms with Crippen molar-refractivity contribution in [3.05, 3.63) is 54.4 Å². The van der Waals surface area contributed by atoms with Crippen LogP contribution in [-0.4, -0.2) is 40.1 Å². The molecule has 33 heavy (non-hydrogen) atoms. The lowest BCUT2D eigenvalue weighted by atomic mass is 9.89. The van der Waals surface area contributed by atoms with Gasteiger partial charge in [0.25, 0.3) is 0 Å². The Kier molecular flexibility index (Phi) is 6.89. The molecule has 0 atom stereocenters. The molecule has 6 nitrogen and oxygen atoms in total. The lowest BCUT2D eigenvalue weighted by Crippen LogP contribution is -2.42. The van der Waals surface area contributed by atoms with Gasteiger partial charge in [-0.2, -0.15) is 0 Å². The summed E-state index contributed by atoms with van der Waals surface area (Å²) in [7, 11) is 0. The second kappa shape index (κ2) is 10.4. The standard InChI is InChI=1S/C27H35N5O/c33-26(29-17-13-23-10-6-7-16-28-23)22-14-18-31(19-15-22)27-30-24-11-4-5-12-25(24)32(27)20-21-8-2-1-3-9-21/h4-7,10-12,16,21-22H,1-3,8-9,13-15,17-20H2,(H,29,33). The van der Waals surface area contributed by atoms with Gasteiger partial charge in [-0.05, 0) is 55.9 Å². The molecule has 1 saturated heterocycles. The van der Waals surface area contributed by atoms with E-state index in [1.54, 1.807) is 6.20 Å². The van der Waals surface area contributed by atoms with Crippen LogP contribution in [0.15, 0.2) is 48.7 Å². The van der Waals surface area contributed by atoms with Gasteiger partial charge in [0.1, 0.15) is 0 Å². The number of rotatable bonds is 7. The summed E-state index contributed by atoms with van der Waals surface area (Å²) in [6.45, 7) is 3.47. The molecule has 174 valence electrons. The number of para-hydroxylation sites is 2. The van der Waals surface area contributed by atoms with Gasteiger partial charge in [0.2, 0.25) is 11.9 Å². The van der Waals surface area contributed by atoms with Crippen molar-refractivity contribution in [2.75, 3.05) is 24.5 Å². The molecule has 1 saturated carbocycles. The number of fused-ring (bicyclic) bond motifs is 1. The monoisotopic (exact) mass is 445 g/mol. The molecule has 1 amide bonds. The lowest BCUT2D eigenvalue weighted by molar-refractivity contribution is -0.125. The molecule has 1 aliphatic carbocycles. The summed E-state index contributed by atoms with van der Waals surface area (Å²) < 4.78 is 2.46. The number of amides is 1. The zero-order valence-corrected chi connectivity index (χ0v) is 19.5. The topological polar surface area (TPSA) is 63.1 Å². The average Bonchev–Trinajstić information content (AvgIpc) is 3.24. The van der Waals surface area contributed by atoms with Gasteiger partial charge in [0.15, 0.2) is 0 Å². The number of anilines is 1. The molecule has 1 N–H and O–H groups in total. The molecule has 2 aromatic heterocycles.